The van der Waals surface area contributed by atoms with Crippen LogP contribution in [-0.2, 0) is 19.9 Å². The molecule has 1 saturated heterocycles. The van der Waals surface area contributed by atoms with Gasteiger partial charge in [-0.05, 0) is 37.3 Å². The number of nitrogens with zero attached hydrogens (tertiary/aromatic N) is 2. The van der Waals surface area contributed by atoms with Gasteiger partial charge < -0.3 is 4.74 Å². The van der Waals surface area contributed by atoms with Crippen LogP contribution >= 0.6 is 0 Å². The Morgan fingerprint density at radius 1 is 0.897 bits per heavy atom. The zero-order valence-electron chi connectivity index (χ0n) is 16.6. The first kappa shape index (κ1) is 21.8. The first-order valence-corrected chi connectivity index (χ1v) is 12.5. The van der Waals surface area contributed by atoms with Gasteiger partial charge in [-0.15, -0.1) is 0 Å². The van der Waals surface area contributed by atoms with Gasteiger partial charge in [-0.25, -0.2) is 16.8 Å². The van der Waals surface area contributed by atoms with Crippen LogP contribution < -0.4 is 4.74 Å². The van der Waals surface area contributed by atoms with Crippen LogP contribution in [0, 0.1) is 6.92 Å². The van der Waals surface area contributed by atoms with Crippen LogP contribution in [0.3, 0.4) is 0 Å². The third-order valence-corrected chi connectivity index (χ3v) is 8.67. The number of benzene rings is 2. The molecule has 1 fully saturated rings. The number of sulfonamides is 1. The highest BCUT2D eigenvalue weighted by Crippen LogP contribution is 2.20. The van der Waals surface area contributed by atoms with Crippen molar-refractivity contribution in [1.29, 1.82) is 0 Å². The molecule has 0 N–H and O–H groups in total. The summed E-state index contributed by atoms with van der Waals surface area (Å²) in [6.07, 6.45) is 0. The van der Waals surface area contributed by atoms with Crippen LogP contribution in [0.2, 0.25) is 0 Å². The van der Waals surface area contributed by atoms with Crippen molar-refractivity contribution in [3.05, 3.63) is 54.1 Å². The van der Waals surface area contributed by atoms with Gasteiger partial charge in [0, 0.05) is 32.7 Å². The summed E-state index contributed by atoms with van der Waals surface area (Å²) in [6.45, 7) is 3.95. The van der Waals surface area contributed by atoms with E-state index in [1.54, 1.807) is 42.5 Å². The quantitative estimate of drug-likeness (QED) is 0.655. The Morgan fingerprint density at radius 2 is 1.55 bits per heavy atom. The van der Waals surface area contributed by atoms with Gasteiger partial charge in [0.1, 0.15) is 5.75 Å². The van der Waals surface area contributed by atoms with E-state index in [0.29, 0.717) is 38.5 Å². The maximum Gasteiger partial charge on any atom is 0.243 e. The molecule has 158 valence electrons. The Labute approximate surface area is 172 Å². The van der Waals surface area contributed by atoms with E-state index in [4.69, 9.17) is 4.74 Å². The van der Waals surface area contributed by atoms with Crippen LogP contribution in [0.15, 0.2) is 58.3 Å². The normalized spacial score (nSPS) is 16.6. The van der Waals surface area contributed by atoms with Crippen LogP contribution in [-0.4, -0.2) is 71.6 Å². The lowest BCUT2D eigenvalue weighted by atomic mass is 10.2. The molecule has 29 heavy (non-hydrogen) atoms. The molecule has 1 aliphatic rings. The minimum Gasteiger partial charge on any atom is -0.497 e. The van der Waals surface area contributed by atoms with Gasteiger partial charge >= 0.3 is 0 Å². The topological polar surface area (TPSA) is 84.0 Å². The number of sulfone groups is 1. The molecule has 1 heterocycles. The summed E-state index contributed by atoms with van der Waals surface area (Å²) in [5.74, 6) is 0.478. The molecule has 9 heteroatoms. The maximum absolute atomic E-state index is 12.8. The van der Waals surface area contributed by atoms with Crippen LogP contribution in [0.25, 0.3) is 0 Å². The molecule has 0 aliphatic carbocycles. The van der Waals surface area contributed by atoms with E-state index in [2.05, 4.69) is 0 Å². The van der Waals surface area contributed by atoms with Gasteiger partial charge in [-0.3, -0.25) is 4.90 Å². The summed E-state index contributed by atoms with van der Waals surface area (Å²) in [7, 11) is -5.46. The second-order valence-electron chi connectivity index (χ2n) is 7.06. The van der Waals surface area contributed by atoms with E-state index >= 15 is 0 Å². The summed E-state index contributed by atoms with van der Waals surface area (Å²) in [5, 5.41) is 0. The Hall–Kier alpha value is -1.94. The second kappa shape index (κ2) is 8.83. The molecule has 0 radical (unpaired) electrons. The first-order chi connectivity index (χ1) is 13.7. The fraction of sp³-hybridized carbons (Fsp3) is 0.400. The average molecular weight is 439 g/mol. The van der Waals surface area contributed by atoms with E-state index in [9.17, 15) is 16.8 Å². The molecule has 2 aromatic carbocycles. The standard InChI is InChI=1S/C20H26N2O5S2/c1-17-6-8-19(9-7-17)29(25,26)22-12-10-21(11-13-22)14-15-28(23,24)20-5-3-4-18(16-20)27-2/h3-9,16H,10-15H2,1-2H3. The van der Waals surface area contributed by atoms with Crippen molar-refractivity contribution in [2.45, 2.75) is 16.7 Å². The molecular formula is C20H26N2O5S2. The number of methoxy groups -OCH3 is 1. The van der Waals surface area contributed by atoms with E-state index in [0.717, 1.165) is 5.56 Å². The molecule has 3 rings (SSSR count). The average Bonchev–Trinajstić information content (AvgIpc) is 2.73. The number of piperazine rings is 1. The Morgan fingerprint density at radius 3 is 2.17 bits per heavy atom. The molecule has 2 aromatic rings. The highest BCUT2D eigenvalue weighted by Gasteiger charge is 2.29. The van der Waals surface area contributed by atoms with Gasteiger partial charge in [-0.1, -0.05) is 23.8 Å². The predicted molar refractivity (Wildman–Crippen MR) is 111 cm³/mol. The van der Waals surface area contributed by atoms with E-state index in [1.165, 1.54) is 17.5 Å². The third kappa shape index (κ3) is 5.16. The summed E-state index contributed by atoms with van der Waals surface area (Å²) in [6, 6.07) is 13.2. The molecule has 0 aromatic heterocycles. The summed E-state index contributed by atoms with van der Waals surface area (Å²) >= 11 is 0. The molecule has 0 bridgehead atoms. The van der Waals surface area contributed by atoms with Gasteiger partial charge in [0.15, 0.2) is 9.84 Å². The summed E-state index contributed by atoms with van der Waals surface area (Å²) < 4.78 is 57.3. The van der Waals surface area contributed by atoms with Crippen molar-refractivity contribution in [2.24, 2.45) is 0 Å². The molecular weight excluding hydrogens is 412 g/mol. The highest BCUT2D eigenvalue weighted by molar-refractivity contribution is 7.91. The van der Waals surface area contributed by atoms with Crippen molar-refractivity contribution in [2.75, 3.05) is 45.6 Å². The highest BCUT2D eigenvalue weighted by atomic mass is 32.2. The molecule has 0 spiro atoms. The molecule has 0 amide bonds. The summed E-state index contributed by atoms with van der Waals surface area (Å²) in [4.78, 5) is 2.51. The van der Waals surface area contributed by atoms with Crippen LogP contribution in [0.1, 0.15) is 5.56 Å². The smallest absolute Gasteiger partial charge is 0.243 e. The number of ether oxygens (including phenoxy) is 1. The number of hydrogen-bond acceptors (Lipinski definition) is 6. The Kier molecular flexibility index (Phi) is 6.62. The monoisotopic (exact) mass is 438 g/mol. The fourth-order valence-electron chi connectivity index (χ4n) is 3.21. The third-order valence-electron chi connectivity index (χ3n) is 5.07. The number of hydrogen-bond donors (Lipinski definition) is 0. The first-order valence-electron chi connectivity index (χ1n) is 9.38. The SMILES string of the molecule is COc1cccc(S(=O)(=O)CCN2CCN(S(=O)(=O)c3ccc(C)cc3)CC2)c1. The van der Waals surface area contributed by atoms with Crippen molar-refractivity contribution < 1.29 is 21.6 Å². The minimum atomic E-state index is -3.52. The zero-order chi connectivity index (χ0) is 21.1. The molecule has 0 saturated carbocycles. The van der Waals surface area contributed by atoms with Gasteiger partial charge in [0.2, 0.25) is 10.0 Å². The molecule has 1 aliphatic heterocycles. The lowest BCUT2D eigenvalue weighted by molar-refractivity contribution is 0.197. The largest absolute Gasteiger partial charge is 0.497 e. The van der Waals surface area contributed by atoms with E-state index in [1.807, 2.05) is 11.8 Å². The predicted octanol–water partition coefficient (Wildman–Crippen LogP) is 1.78. The minimum absolute atomic E-state index is 0.0229. The lowest BCUT2D eigenvalue weighted by Gasteiger charge is -2.33. The van der Waals surface area contributed by atoms with E-state index < -0.39 is 19.9 Å². The number of aryl methyl sites for hydroxylation is 1. The van der Waals surface area contributed by atoms with Crippen molar-refractivity contribution in [3.63, 3.8) is 0 Å². The Balaban J connectivity index is 1.57. The van der Waals surface area contributed by atoms with Crippen molar-refractivity contribution in [3.8, 4) is 5.75 Å². The maximum atomic E-state index is 12.8. The zero-order valence-corrected chi connectivity index (χ0v) is 18.2. The molecule has 0 unspecified atom stereocenters. The lowest BCUT2D eigenvalue weighted by Crippen LogP contribution is -2.49. The van der Waals surface area contributed by atoms with Gasteiger partial charge in [-0.2, -0.15) is 4.31 Å². The molecule has 0 atom stereocenters. The summed E-state index contributed by atoms with van der Waals surface area (Å²) in [5.41, 5.74) is 1.01. The fourth-order valence-corrected chi connectivity index (χ4v) is 5.95. The van der Waals surface area contributed by atoms with Crippen LogP contribution in [0.5, 0.6) is 5.75 Å². The van der Waals surface area contributed by atoms with Crippen LogP contribution in [0.4, 0.5) is 0 Å². The van der Waals surface area contributed by atoms with Crippen molar-refractivity contribution >= 4 is 19.9 Å². The van der Waals surface area contributed by atoms with E-state index in [-0.39, 0.29) is 15.5 Å². The molecule has 7 nitrogen and oxygen atoms in total. The van der Waals surface area contributed by atoms with Gasteiger partial charge in [0.05, 0.1) is 22.7 Å². The number of rotatable bonds is 7. The van der Waals surface area contributed by atoms with Crippen molar-refractivity contribution in [1.82, 2.24) is 9.21 Å². The van der Waals surface area contributed by atoms with Gasteiger partial charge in [0.25, 0.3) is 0 Å². The Bertz CT molecular complexity index is 1040. The second-order valence-corrected chi connectivity index (χ2v) is 11.1.